The average Bonchev–Trinajstić information content (AvgIpc) is 2.57. The maximum absolute atomic E-state index is 12.3. The van der Waals surface area contributed by atoms with Gasteiger partial charge in [-0.25, -0.2) is 0 Å². The number of hydrogen-bond acceptors (Lipinski definition) is 2. The molecule has 0 bridgehead atoms. The maximum Gasteiger partial charge on any atom is 0.324 e. The van der Waals surface area contributed by atoms with E-state index in [0.29, 0.717) is 10.8 Å². The Morgan fingerprint density at radius 3 is 1.95 bits per heavy atom. The lowest BCUT2D eigenvalue weighted by Crippen LogP contribution is -2.19. The molecule has 0 heterocycles. The molecule has 0 N–H and O–H groups in total. The van der Waals surface area contributed by atoms with Crippen molar-refractivity contribution in [3.05, 3.63) is 53.6 Å². The minimum Gasteiger partial charge on any atom is -0.424 e. The van der Waals surface area contributed by atoms with Crippen molar-refractivity contribution in [1.82, 2.24) is 0 Å². The number of ether oxygens (including phenoxy) is 1. The highest BCUT2D eigenvalue weighted by Crippen LogP contribution is 2.40. The Balaban J connectivity index is 2.29. The van der Waals surface area contributed by atoms with Crippen LogP contribution in [0.25, 0.3) is 21.5 Å². The molecular formula is C18H14ClIO2. The third-order valence-electron chi connectivity index (χ3n) is 3.63. The molecule has 3 aromatic carbocycles. The largest absolute Gasteiger partial charge is 0.424 e. The van der Waals surface area contributed by atoms with Crippen molar-refractivity contribution in [2.24, 2.45) is 0 Å². The van der Waals surface area contributed by atoms with Gasteiger partial charge < -0.3 is 4.74 Å². The van der Waals surface area contributed by atoms with E-state index in [9.17, 15) is 4.79 Å². The molecule has 0 aliphatic heterocycles. The highest BCUT2D eigenvalue weighted by Gasteiger charge is 2.19. The van der Waals surface area contributed by atoms with Gasteiger partial charge in [0.15, 0.2) is 0 Å². The molecule has 0 radical (unpaired) electrons. The number of fused-ring (bicyclic) bond motifs is 2. The summed E-state index contributed by atoms with van der Waals surface area (Å²) in [6, 6.07) is 15.5. The number of alkyl halides is 1. The normalized spacial score (nSPS) is 12.5. The fourth-order valence-electron chi connectivity index (χ4n) is 2.48. The van der Waals surface area contributed by atoms with Crippen LogP contribution in [0.15, 0.2) is 48.5 Å². The van der Waals surface area contributed by atoms with E-state index in [1.165, 1.54) is 0 Å². The summed E-state index contributed by atoms with van der Waals surface area (Å²) in [4.78, 5) is 12.3. The van der Waals surface area contributed by atoms with Crippen molar-refractivity contribution in [2.75, 3.05) is 0 Å². The number of rotatable bonds is 3. The summed E-state index contributed by atoms with van der Waals surface area (Å²) in [7, 11) is 0. The van der Waals surface area contributed by atoms with Gasteiger partial charge in [0.1, 0.15) is 9.67 Å². The zero-order valence-electron chi connectivity index (χ0n) is 12.0. The fraction of sp³-hybridized carbons (Fsp3) is 0.167. The number of esters is 1. The van der Waals surface area contributed by atoms with Gasteiger partial charge in [-0.3, -0.25) is 4.79 Å². The van der Waals surface area contributed by atoms with Gasteiger partial charge in [0, 0.05) is 21.5 Å². The molecule has 22 heavy (non-hydrogen) atoms. The second kappa shape index (κ2) is 6.42. The number of halogens is 2. The first kappa shape index (κ1) is 15.6. The summed E-state index contributed by atoms with van der Waals surface area (Å²) in [5.74, 6) is 0.372. The summed E-state index contributed by atoms with van der Waals surface area (Å²) < 4.78 is 5.58. The fourth-order valence-corrected chi connectivity index (χ4v) is 2.93. The van der Waals surface area contributed by atoms with E-state index in [0.717, 1.165) is 28.0 Å². The minimum absolute atomic E-state index is 0.161. The first-order valence-corrected chi connectivity index (χ1v) is 8.70. The molecular weight excluding hydrogens is 411 g/mol. The monoisotopic (exact) mass is 424 g/mol. The van der Waals surface area contributed by atoms with E-state index in [-0.39, 0.29) is 9.89 Å². The predicted molar refractivity (Wildman–Crippen MR) is 100 cm³/mol. The SMILES string of the molecule is CCC(I)C(=O)Oc1c2ccccc2c(Cl)c2ccccc12. The molecule has 2 nitrogen and oxygen atoms in total. The Morgan fingerprint density at radius 1 is 1.05 bits per heavy atom. The molecule has 0 fully saturated rings. The lowest BCUT2D eigenvalue weighted by atomic mass is 10.0. The molecule has 0 aliphatic carbocycles. The van der Waals surface area contributed by atoms with Crippen molar-refractivity contribution in [2.45, 2.75) is 17.3 Å². The lowest BCUT2D eigenvalue weighted by molar-refractivity contribution is -0.133. The highest BCUT2D eigenvalue weighted by molar-refractivity contribution is 14.1. The predicted octanol–water partition coefficient (Wildman–Crippen LogP) is 5.77. The average molecular weight is 425 g/mol. The molecule has 0 aliphatic rings. The summed E-state index contributed by atoms with van der Waals surface area (Å²) in [6.07, 6.45) is 0.739. The topological polar surface area (TPSA) is 26.3 Å². The first-order valence-electron chi connectivity index (χ1n) is 7.08. The number of hydrogen-bond donors (Lipinski definition) is 0. The molecule has 0 saturated heterocycles. The van der Waals surface area contributed by atoms with E-state index in [1.54, 1.807) is 0 Å². The molecule has 0 amide bonds. The second-order valence-corrected chi connectivity index (χ2v) is 6.91. The summed E-state index contributed by atoms with van der Waals surface area (Å²) >= 11 is 8.64. The van der Waals surface area contributed by atoms with Gasteiger partial charge in [0.25, 0.3) is 0 Å². The van der Waals surface area contributed by atoms with Crippen LogP contribution in [0, 0.1) is 0 Å². The quantitative estimate of drug-likeness (QED) is 0.175. The van der Waals surface area contributed by atoms with Crippen molar-refractivity contribution in [3.63, 3.8) is 0 Å². The molecule has 4 heteroatoms. The van der Waals surface area contributed by atoms with Crippen molar-refractivity contribution >= 4 is 61.7 Å². The van der Waals surface area contributed by atoms with Crippen molar-refractivity contribution in [1.29, 1.82) is 0 Å². The Morgan fingerprint density at radius 2 is 1.50 bits per heavy atom. The van der Waals surface area contributed by atoms with Gasteiger partial charge in [-0.05, 0) is 6.42 Å². The van der Waals surface area contributed by atoms with Gasteiger partial charge in [0.2, 0.25) is 0 Å². The van der Waals surface area contributed by atoms with Gasteiger partial charge in [-0.15, -0.1) is 0 Å². The van der Waals surface area contributed by atoms with Gasteiger partial charge in [0.05, 0.1) is 5.02 Å². The Kier molecular flexibility index (Phi) is 4.54. The van der Waals surface area contributed by atoms with Crippen molar-refractivity contribution < 1.29 is 9.53 Å². The molecule has 0 saturated carbocycles. The summed E-state index contributed by atoms with van der Waals surface area (Å²) in [5, 5.41) is 4.20. The van der Waals surface area contributed by atoms with Crippen molar-refractivity contribution in [3.8, 4) is 5.75 Å². The molecule has 3 rings (SSSR count). The zero-order chi connectivity index (χ0) is 15.7. The van der Waals surface area contributed by atoms with Crippen LogP contribution in [-0.2, 0) is 4.79 Å². The Hall–Kier alpha value is -1.33. The molecule has 0 aromatic heterocycles. The van der Waals surface area contributed by atoms with E-state index in [2.05, 4.69) is 22.6 Å². The number of carbonyl (C=O) groups excluding carboxylic acids is 1. The van der Waals surface area contributed by atoms with Crippen LogP contribution < -0.4 is 4.74 Å². The van der Waals surface area contributed by atoms with Crippen LogP contribution in [0.5, 0.6) is 5.75 Å². The van der Waals surface area contributed by atoms with E-state index in [1.807, 2.05) is 55.5 Å². The van der Waals surface area contributed by atoms with Gasteiger partial charge in [-0.2, -0.15) is 0 Å². The van der Waals surface area contributed by atoms with Crippen LogP contribution in [0.4, 0.5) is 0 Å². The Bertz CT molecular complexity index is 803. The van der Waals surface area contributed by atoms with Crippen LogP contribution >= 0.6 is 34.2 Å². The summed E-state index contributed by atoms with van der Waals surface area (Å²) in [6.45, 7) is 1.97. The molecule has 3 aromatic rings. The third kappa shape index (κ3) is 2.68. The minimum atomic E-state index is -0.222. The number of carbonyl (C=O) groups is 1. The first-order chi connectivity index (χ1) is 10.6. The lowest BCUT2D eigenvalue weighted by Gasteiger charge is -2.15. The molecule has 1 atom stereocenters. The second-order valence-electron chi connectivity index (χ2n) is 5.03. The van der Waals surface area contributed by atoms with E-state index < -0.39 is 0 Å². The van der Waals surface area contributed by atoms with Gasteiger partial charge >= 0.3 is 5.97 Å². The zero-order valence-corrected chi connectivity index (χ0v) is 14.9. The highest BCUT2D eigenvalue weighted by atomic mass is 127. The van der Waals surface area contributed by atoms with Crippen LogP contribution in [-0.4, -0.2) is 9.89 Å². The standard InChI is InChI=1S/C18H14ClIO2/c1-2-15(20)18(21)22-17-13-9-5-3-7-11(13)16(19)12-8-4-6-10-14(12)17/h3-10,15H,2H2,1H3. The maximum atomic E-state index is 12.3. The van der Waals surface area contributed by atoms with Crippen LogP contribution in [0.2, 0.25) is 5.02 Å². The van der Waals surface area contributed by atoms with E-state index in [4.69, 9.17) is 16.3 Å². The van der Waals surface area contributed by atoms with Crippen LogP contribution in [0.3, 0.4) is 0 Å². The molecule has 112 valence electrons. The van der Waals surface area contributed by atoms with Gasteiger partial charge in [-0.1, -0.05) is 89.6 Å². The molecule has 0 spiro atoms. The van der Waals surface area contributed by atoms with E-state index >= 15 is 0 Å². The smallest absolute Gasteiger partial charge is 0.324 e. The number of benzene rings is 3. The summed E-state index contributed by atoms with van der Waals surface area (Å²) in [5.41, 5.74) is 0. The molecule has 1 unspecified atom stereocenters. The van der Waals surface area contributed by atoms with Crippen LogP contribution in [0.1, 0.15) is 13.3 Å². The Labute approximate surface area is 147 Å². The third-order valence-corrected chi connectivity index (χ3v) is 5.43.